The number of ether oxygens (including phenoxy) is 1. The maximum Gasteiger partial charge on any atom is 0.147 e. The summed E-state index contributed by atoms with van der Waals surface area (Å²) in [6, 6.07) is 12.3. The summed E-state index contributed by atoms with van der Waals surface area (Å²) in [6.45, 7) is 9.56. The lowest BCUT2D eigenvalue weighted by molar-refractivity contribution is 0.123. The normalized spacial score (nSPS) is 15.9. The van der Waals surface area contributed by atoms with Crippen molar-refractivity contribution in [1.82, 2.24) is 9.88 Å². The summed E-state index contributed by atoms with van der Waals surface area (Å²) in [5.74, 6) is 1.87. The molecule has 1 fully saturated rings. The van der Waals surface area contributed by atoms with Crippen LogP contribution in [0.5, 0.6) is 5.75 Å². The van der Waals surface area contributed by atoms with Crippen LogP contribution < -0.4 is 9.64 Å². The summed E-state index contributed by atoms with van der Waals surface area (Å²) >= 11 is 1.77. The molecular formula is C23H31N3O2S. The van der Waals surface area contributed by atoms with Gasteiger partial charge in [0.15, 0.2) is 0 Å². The van der Waals surface area contributed by atoms with E-state index in [2.05, 4.69) is 34.2 Å². The van der Waals surface area contributed by atoms with Crippen molar-refractivity contribution in [3.63, 3.8) is 0 Å². The summed E-state index contributed by atoms with van der Waals surface area (Å²) in [4.78, 5) is 9.97. The van der Waals surface area contributed by atoms with Gasteiger partial charge in [0, 0.05) is 31.7 Å². The molecule has 1 aliphatic heterocycles. The number of fused-ring (bicyclic) bond motifs is 1. The largest absolute Gasteiger partial charge is 0.491 e. The topological polar surface area (TPSA) is 48.8 Å². The molecule has 0 saturated carbocycles. The van der Waals surface area contributed by atoms with Crippen LogP contribution in [0.3, 0.4) is 0 Å². The highest BCUT2D eigenvalue weighted by atomic mass is 32.1. The second kappa shape index (κ2) is 9.57. The first-order valence-corrected chi connectivity index (χ1v) is 10.8. The van der Waals surface area contributed by atoms with Crippen molar-refractivity contribution >= 4 is 27.2 Å². The Morgan fingerprint density at radius 1 is 1.14 bits per heavy atom. The first-order chi connectivity index (χ1) is 13.6. The molecule has 5 nitrogen and oxygen atoms in total. The fraction of sp³-hybridized carbons (Fsp3) is 0.435. The Morgan fingerprint density at radius 3 is 2.52 bits per heavy atom. The van der Waals surface area contributed by atoms with E-state index >= 15 is 0 Å². The summed E-state index contributed by atoms with van der Waals surface area (Å²) in [5.41, 5.74) is 2.06. The number of piperazine rings is 1. The van der Waals surface area contributed by atoms with E-state index < -0.39 is 6.10 Å². The van der Waals surface area contributed by atoms with Crippen molar-refractivity contribution in [3.05, 3.63) is 41.8 Å². The third-order valence-corrected chi connectivity index (χ3v) is 6.10. The van der Waals surface area contributed by atoms with Crippen LogP contribution in [0, 0.1) is 0 Å². The van der Waals surface area contributed by atoms with Gasteiger partial charge in [0.05, 0.1) is 16.5 Å². The maximum absolute atomic E-state index is 9.37. The van der Waals surface area contributed by atoms with E-state index in [0.29, 0.717) is 6.61 Å². The van der Waals surface area contributed by atoms with Crippen LogP contribution in [0.2, 0.25) is 0 Å². The van der Waals surface area contributed by atoms with E-state index in [-0.39, 0.29) is 7.43 Å². The van der Waals surface area contributed by atoms with Gasteiger partial charge < -0.3 is 19.6 Å². The summed E-state index contributed by atoms with van der Waals surface area (Å²) in [6.07, 6.45) is -0.474. The van der Waals surface area contributed by atoms with Gasteiger partial charge in [-0.15, -0.1) is 11.3 Å². The van der Waals surface area contributed by atoms with Crippen molar-refractivity contribution < 1.29 is 9.84 Å². The Hall–Kier alpha value is -2.15. The fourth-order valence-electron chi connectivity index (χ4n) is 3.54. The molecule has 1 saturated heterocycles. The van der Waals surface area contributed by atoms with Crippen LogP contribution >= 0.6 is 11.3 Å². The quantitative estimate of drug-likeness (QED) is 0.645. The molecule has 0 unspecified atom stereocenters. The average molecular weight is 414 g/mol. The molecule has 0 amide bonds. The maximum atomic E-state index is 9.37. The van der Waals surface area contributed by atoms with Gasteiger partial charge in [-0.2, -0.15) is 0 Å². The van der Waals surface area contributed by atoms with Crippen LogP contribution in [0.25, 0.3) is 21.3 Å². The van der Waals surface area contributed by atoms with Gasteiger partial charge in [-0.05, 0) is 60.6 Å². The second-order valence-corrected chi connectivity index (χ2v) is 8.19. The van der Waals surface area contributed by atoms with Crippen LogP contribution in [0.15, 0.2) is 41.8 Å². The Labute approximate surface area is 177 Å². The van der Waals surface area contributed by atoms with Crippen LogP contribution in [-0.2, 0) is 0 Å². The van der Waals surface area contributed by atoms with Crippen molar-refractivity contribution in [3.8, 4) is 17.0 Å². The Kier molecular flexibility index (Phi) is 7.11. The predicted molar refractivity (Wildman–Crippen MR) is 123 cm³/mol. The molecular weight excluding hydrogens is 382 g/mol. The van der Waals surface area contributed by atoms with Crippen LogP contribution in [-0.4, -0.2) is 60.4 Å². The lowest BCUT2D eigenvalue weighted by Crippen LogP contribution is -2.46. The van der Waals surface area contributed by atoms with Crippen LogP contribution in [0.1, 0.15) is 21.3 Å². The minimum Gasteiger partial charge on any atom is -0.491 e. The highest BCUT2D eigenvalue weighted by molar-refractivity contribution is 7.17. The third kappa shape index (κ3) is 4.89. The molecule has 0 aliphatic carbocycles. The van der Waals surface area contributed by atoms with Gasteiger partial charge in [0.1, 0.15) is 18.2 Å². The smallest absolute Gasteiger partial charge is 0.147 e. The number of aromatic nitrogens is 1. The number of aliphatic hydroxyl groups excluding tert-OH is 1. The zero-order chi connectivity index (χ0) is 19.5. The first kappa shape index (κ1) is 21.6. The summed E-state index contributed by atoms with van der Waals surface area (Å²) in [5, 5.41) is 12.8. The highest BCUT2D eigenvalue weighted by Crippen LogP contribution is 2.34. The van der Waals surface area contributed by atoms with Gasteiger partial charge >= 0.3 is 0 Å². The number of likely N-dealkylation sites (N-methyl/N-ethyl adjacent to an activating group) is 1. The SMILES string of the molecule is C.CCN1CCN(c2nc(-c3ccc(OC[C@@H](C)O)cc3)cc3ccsc23)CC1. The molecule has 2 aromatic heterocycles. The number of pyridine rings is 1. The number of nitrogens with zero attached hydrogens (tertiary/aromatic N) is 3. The molecule has 6 heteroatoms. The van der Waals surface area contributed by atoms with E-state index in [0.717, 1.165) is 55.5 Å². The standard InChI is InChI=1S/C22H27N3O2S.CH4/c1-3-24-9-11-25(12-10-24)22-21-18(8-13-28-21)14-20(23-22)17-4-6-19(7-5-17)27-15-16(2)26;/h4-8,13-14,16,26H,3,9-12,15H2,1-2H3;1H4/t16-;/m1./s1. The van der Waals surface area contributed by atoms with E-state index in [9.17, 15) is 5.11 Å². The lowest BCUT2D eigenvalue weighted by Gasteiger charge is -2.35. The molecule has 1 N–H and O–H groups in total. The second-order valence-electron chi connectivity index (χ2n) is 7.28. The molecule has 3 aromatic rings. The minimum atomic E-state index is -0.474. The molecule has 1 atom stereocenters. The van der Waals surface area contributed by atoms with E-state index in [1.165, 1.54) is 10.1 Å². The minimum absolute atomic E-state index is 0. The zero-order valence-electron chi connectivity index (χ0n) is 16.5. The number of aliphatic hydroxyl groups is 1. The Morgan fingerprint density at radius 2 is 1.86 bits per heavy atom. The third-order valence-electron chi connectivity index (χ3n) is 5.18. The fourth-order valence-corrected chi connectivity index (χ4v) is 4.43. The average Bonchev–Trinajstić information content (AvgIpc) is 3.21. The molecule has 1 aromatic carbocycles. The summed E-state index contributed by atoms with van der Waals surface area (Å²) < 4.78 is 6.84. The molecule has 0 bridgehead atoms. The van der Waals surface area contributed by atoms with Crippen molar-refractivity contribution in [1.29, 1.82) is 0 Å². The Bertz CT molecular complexity index is 916. The van der Waals surface area contributed by atoms with Gasteiger partial charge in [0.25, 0.3) is 0 Å². The number of hydrogen-bond acceptors (Lipinski definition) is 6. The number of hydrogen-bond donors (Lipinski definition) is 1. The summed E-state index contributed by atoms with van der Waals surface area (Å²) in [7, 11) is 0. The van der Waals surface area contributed by atoms with Crippen LogP contribution in [0.4, 0.5) is 5.82 Å². The number of anilines is 1. The molecule has 0 spiro atoms. The number of thiophene rings is 1. The zero-order valence-corrected chi connectivity index (χ0v) is 17.3. The molecule has 4 rings (SSSR count). The van der Waals surface area contributed by atoms with Gasteiger partial charge in [-0.1, -0.05) is 14.4 Å². The lowest BCUT2D eigenvalue weighted by atomic mass is 10.1. The predicted octanol–water partition coefficient (Wildman–Crippen LogP) is 4.50. The van der Waals surface area contributed by atoms with E-state index in [1.807, 2.05) is 24.3 Å². The van der Waals surface area contributed by atoms with Gasteiger partial charge in [-0.3, -0.25) is 0 Å². The molecule has 156 valence electrons. The first-order valence-electron chi connectivity index (χ1n) is 9.91. The highest BCUT2D eigenvalue weighted by Gasteiger charge is 2.20. The molecule has 0 radical (unpaired) electrons. The monoisotopic (exact) mass is 413 g/mol. The van der Waals surface area contributed by atoms with E-state index in [1.54, 1.807) is 18.3 Å². The van der Waals surface area contributed by atoms with E-state index in [4.69, 9.17) is 9.72 Å². The molecule has 1 aliphatic rings. The van der Waals surface area contributed by atoms with Gasteiger partial charge in [0.2, 0.25) is 0 Å². The van der Waals surface area contributed by atoms with Crippen molar-refractivity contribution in [2.75, 3.05) is 44.2 Å². The molecule has 29 heavy (non-hydrogen) atoms. The van der Waals surface area contributed by atoms with Gasteiger partial charge in [-0.25, -0.2) is 4.98 Å². The van der Waals surface area contributed by atoms with Crippen molar-refractivity contribution in [2.45, 2.75) is 27.4 Å². The number of rotatable bonds is 6. The molecule has 3 heterocycles. The number of benzene rings is 1. The Balaban J connectivity index is 0.00000240. The van der Waals surface area contributed by atoms with Crippen molar-refractivity contribution in [2.24, 2.45) is 0 Å².